The molecule has 15 heteroatoms. The van der Waals surface area contributed by atoms with Crippen molar-refractivity contribution >= 4 is 39.8 Å². The first-order chi connectivity index (χ1) is 23.1. The van der Waals surface area contributed by atoms with Gasteiger partial charge in [-0.25, -0.2) is 63.9 Å². The van der Waals surface area contributed by atoms with E-state index >= 15 is 17.6 Å². The molecule has 2 aromatic rings. The van der Waals surface area contributed by atoms with Crippen molar-refractivity contribution in [2.24, 2.45) is 25.4 Å². The van der Waals surface area contributed by atoms with Crippen LogP contribution in [-0.4, -0.2) is 28.6 Å². The summed E-state index contributed by atoms with van der Waals surface area (Å²) in [5, 5.41) is 0. The van der Waals surface area contributed by atoms with Gasteiger partial charge in [-0.1, -0.05) is 0 Å². The molecule has 0 atom stereocenters. The molecule has 5 aliphatic heterocycles. The Morgan fingerprint density at radius 3 is 1.47 bits per heavy atom. The third-order valence-electron chi connectivity index (χ3n) is 8.16. The van der Waals surface area contributed by atoms with Crippen LogP contribution in [0.4, 0.5) is 43.9 Å². The van der Waals surface area contributed by atoms with Crippen LogP contribution >= 0.6 is 0 Å². The van der Waals surface area contributed by atoms with Crippen molar-refractivity contribution in [2.45, 2.75) is 13.8 Å². The maximum atomic E-state index is 15.3. The number of nitrogens with zero attached hydrogens (tertiary/aromatic N) is 4. The number of benzene rings is 2. The first kappa shape index (κ1) is 31.8. The average Bonchev–Trinajstić information content (AvgIpc) is 3.88. The van der Waals surface area contributed by atoms with Gasteiger partial charge in [0.1, 0.15) is 5.71 Å². The maximum absolute atomic E-state index is 15.3. The predicted octanol–water partition coefficient (Wildman–Crippen LogP) is 8.06. The number of allylic oxidation sites excluding steroid dienone is 11. The molecule has 5 aliphatic rings. The van der Waals surface area contributed by atoms with Gasteiger partial charge >= 0.3 is 0 Å². The Morgan fingerprint density at radius 1 is 0.469 bits per heavy atom. The summed E-state index contributed by atoms with van der Waals surface area (Å²) in [5.74, 6) is -23.8. The molecular weight excluding hydrogens is 670 g/mol. The van der Waals surface area contributed by atoms with Gasteiger partial charge in [0, 0.05) is 11.1 Å². The number of hydrogen-bond acceptors (Lipinski definition) is 5. The molecule has 0 saturated heterocycles. The number of ketones is 1. The summed E-state index contributed by atoms with van der Waals surface area (Å²) < 4.78 is 147. The zero-order chi connectivity index (χ0) is 35.3. The highest BCUT2D eigenvalue weighted by atomic mass is 19.2. The summed E-state index contributed by atoms with van der Waals surface area (Å²) in [5.41, 5.74) is -7.77. The summed E-state index contributed by atoms with van der Waals surface area (Å²) >= 11 is 0. The molecule has 0 unspecified atom stereocenters. The van der Waals surface area contributed by atoms with Gasteiger partial charge in [0.05, 0.1) is 56.5 Å². The molecule has 0 aliphatic carbocycles. The summed E-state index contributed by atoms with van der Waals surface area (Å²) in [6.45, 7) is 3.06. The van der Waals surface area contributed by atoms with Crippen LogP contribution in [-0.2, 0) is 4.79 Å². The number of halogens is 10. The van der Waals surface area contributed by atoms with Crippen LogP contribution in [0, 0.1) is 63.6 Å². The zero-order valence-corrected chi connectivity index (χ0v) is 24.6. The fraction of sp³-hybridized carbons (Fsp3) is 0.0882. The van der Waals surface area contributed by atoms with E-state index in [9.17, 15) is 31.1 Å². The zero-order valence-electron chi connectivity index (χ0n) is 24.6. The number of fused-ring (bicyclic) bond motifs is 4. The molecule has 0 amide bonds. The molecular formula is C34H14F10N4O. The number of carbonyl (C=O) groups excluding carboxylic acids is 1. The van der Waals surface area contributed by atoms with Gasteiger partial charge in [-0.2, -0.15) is 0 Å². The van der Waals surface area contributed by atoms with Crippen LogP contribution < -0.4 is 0 Å². The van der Waals surface area contributed by atoms with Gasteiger partial charge in [0.15, 0.2) is 52.3 Å². The summed E-state index contributed by atoms with van der Waals surface area (Å²) in [4.78, 5) is 30.3. The molecule has 0 fully saturated rings. The van der Waals surface area contributed by atoms with Crippen molar-refractivity contribution in [2.75, 3.05) is 0 Å². The van der Waals surface area contributed by atoms with E-state index in [0.717, 1.165) is 24.3 Å². The lowest BCUT2D eigenvalue weighted by Crippen LogP contribution is -2.25. The number of aliphatic imine (C=N–C) groups is 4. The molecule has 246 valence electrons. The molecule has 2 aromatic carbocycles. The normalized spacial score (nSPS) is 19.1. The van der Waals surface area contributed by atoms with E-state index in [0.29, 0.717) is 0 Å². The van der Waals surface area contributed by atoms with E-state index < -0.39 is 114 Å². The Balaban J connectivity index is 1.61. The first-order valence-corrected chi connectivity index (χ1v) is 14.0. The van der Waals surface area contributed by atoms with Crippen molar-refractivity contribution in [1.82, 2.24) is 0 Å². The van der Waals surface area contributed by atoms with E-state index in [-0.39, 0.29) is 22.8 Å². The minimum absolute atomic E-state index is 0.0261. The number of carbonyl (C=O) groups is 1. The first-order valence-electron chi connectivity index (χ1n) is 14.0. The Kier molecular flexibility index (Phi) is 7.08. The van der Waals surface area contributed by atoms with E-state index in [2.05, 4.69) is 20.0 Å². The second-order valence-corrected chi connectivity index (χ2v) is 11.5. The highest BCUT2D eigenvalue weighted by Gasteiger charge is 2.41. The van der Waals surface area contributed by atoms with Crippen LogP contribution in [0.2, 0.25) is 0 Å². The van der Waals surface area contributed by atoms with E-state index in [4.69, 9.17) is 0 Å². The lowest BCUT2D eigenvalue weighted by molar-refractivity contribution is -0.118. The minimum Gasteiger partial charge on any atom is -0.291 e. The standard InChI is InChI=1S/C34H14F10N4O/c1-34(2)18-10-12-4-6-14(46-12)20(22-25(37)29(41)32(44)30(42)26(22)38)16-8-7-15(47-16)19(21-23(35)27(39)31(43)28(40)24(21)36)13-5-3-11(45-13)9-17(48-18)33(34)49/h3-10H,1-2H3. The molecule has 49 heavy (non-hydrogen) atoms. The molecule has 5 heterocycles. The topological polar surface area (TPSA) is 66.5 Å². The van der Waals surface area contributed by atoms with Crippen molar-refractivity contribution in [1.29, 1.82) is 0 Å². The number of rotatable bonds is 2. The third kappa shape index (κ3) is 4.66. The van der Waals surface area contributed by atoms with Crippen molar-refractivity contribution in [3.8, 4) is 0 Å². The lowest BCUT2D eigenvalue weighted by atomic mass is 9.84. The Bertz CT molecular complexity index is 2310. The summed E-state index contributed by atoms with van der Waals surface area (Å²) in [6, 6.07) is 0. The molecule has 8 bridgehead atoms. The molecule has 0 aromatic heterocycles. The van der Waals surface area contributed by atoms with E-state index in [1.807, 2.05) is 0 Å². The number of hydrogen-bond donors (Lipinski definition) is 0. The molecule has 0 saturated carbocycles. The Labute approximate surface area is 268 Å². The third-order valence-corrected chi connectivity index (χ3v) is 8.16. The number of Topliss-reactive ketones (excluding diaryl/α,β-unsaturated/α-hetero) is 1. The quantitative estimate of drug-likeness (QED) is 0.179. The van der Waals surface area contributed by atoms with Gasteiger partial charge in [-0.15, -0.1) is 0 Å². The van der Waals surface area contributed by atoms with Crippen LogP contribution in [0.25, 0.3) is 11.1 Å². The van der Waals surface area contributed by atoms with Gasteiger partial charge in [-0.05, 0) is 62.5 Å². The summed E-state index contributed by atoms with van der Waals surface area (Å²) in [6.07, 6.45) is 9.33. The fourth-order valence-electron chi connectivity index (χ4n) is 5.61. The van der Waals surface area contributed by atoms with E-state index in [1.54, 1.807) is 0 Å². The molecule has 7 rings (SSSR count). The van der Waals surface area contributed by atoms with Gasteiger partial charge < -0.3 is 0 Å². The summed E-state index contributed by atoms with van der Waals surface area (Å²) in [7, 11) is 0. The van der Waals surface area contributed by atoms with Crippen molar-refractivity contribution < 1.29 is 48.7 Å². The predicted molar refractivity (Wildman–Crippen MR) is 158 cm³/mol. The highest BCUT2D eigenvalue weighted by Crippen LogP contribution is 2.41. The second-order valence-electron chi connectivity index (χ2n) is 11.5. The molecule has 0 N–H and O–H groups in total. The minimum atomic E-state index is -2.46. The lowest BCUT2D eigenvalue weighted by Gasteiger charge is -2.16. The Morgan fingerprint density at radius 2 is 0.918 bits per heavy atom. The largest absolute Gasteiger partial charge is 0.291 e. The highest BCUT2D eigenvalue weighted by molar-refractivity contribution is 6.49. The van der Waals surface area contributed by atoms with Crippen LogP contribution in [0.3, 0.4) is 0 Å². The smallest absolute Gasteiger partial charge is 0.200 e. The van der Waals surface area contributed by atoms with Crippen LogP contribution in [0.15, 0.2) is 91.4 Å². The molecule has 0 radical (unpaired) electrons. The Hall–Kier alpha value is -5.73. The van der Waals surface area contributed by atoms with Gasteiger partial charge in [-0.3, -0.25) is 4.79 Å². The SMILES string of the molecule is CC1(C)C(=O)C2=NC1=CC1=NC(=C(c3c(F)c(F)c(F)c(F)c3F)C3=NC(=C(c4c(F)c(F)c(F)c(F)c4F)C4=NC(=C2)C=C4)C=C3)C=C1. The van der Waals surface area contributed by atoms with Gasteiger partial charge in [0.25, 0.3) is 0 Å². The molecule has 5 nitrogen and oxygen atoms in total. The molecule has 0 spiro atoms. The monoisotopic (exact) mass is 684 g/mol. The second kappa shape index (κ2) is 10.9. The maximum Gasteiger partial charge on any atom is 0.200 e. The van der Waals surface area contributed by atoms with Crippen LogP contribution in [0.5, 0.6) is 0 Å². The van der Waals surface area contributed by atoms with Crippen molar-refractivity contribution in [3.63, 3.8) is 0 Å². The fourth-order valence-corrected chi connectivity index (χ4v) is 5.61. The van der Waals surface area contributed by atoms with E-state index in [1.165, 1.54) is 38.2 Å². The van der Waals surface area contributed by atoms with Gasteiger partial charge in [0.2, 0.25) is 11.6 Å². The van der Waals surface area contributed by atoms with Crippen molar-refractivity contribution in [3.05, 3.63) is 141 Å². The average molecular weight is 684 g/mol. The van der Waals surface area contributed by atoms with Crippen LogP contribution in [0.1, 0.15) is 25.0 Å².